The molecule has 0 aromatic rings. The molecule has 4 fully saturated rings. The summed E-state index contributed by atoms with van der Waals surface area (Å²) >= 11 is 0. The molecule has 0 heterocycles. The van der Waals surface area contributed by atoms with Crippen LogP contribution in [0.3, 0.4) is 0 Å². The van der Waals surface area contributed by atoms with Crippen LogP contribution in [0, 0.1) is 23.7 Å². The Morgan fingerprint density at radius 2 is 0.550 bits per heavy atom. The highest BCUT2D eigenvalue weighted by Gasteiger charge is 2.39. The molecule has 4 rings (SSSR count). The molecule has 0 aromatic carbocycles. The van der Waals surface area contributed by atoms with Gasteiger partial charge in [-0.3, -0.25) is 0 Å². The van der Waals surface area contributed by atoms with Crippen LogP contribution in [-0.4, -0.2) is 108 Å². The fourth-order valence-electron chi connectivity index (χ4n) is 6.97. The molecule has 4 aliphatic carbocycles. The van der Waals surface area contributed by atoms with Crippen LogP contribution in [-0.2, 0) is 59.0 Å². The predicted octanol–water partition coefficient (Wildman–Crippen LogP) is 4.14. The average Bonchev–Trinajstić information content (AvgIpc) is 3.95. The monoisotopic (exact) mass is 932 g/mol. The summed E-state index contributed by atoms with van der Waals surface area (Å²) in [5.74, 6) is 2.04. The molecular formula is C40H76N4O12S4. The van der Waals surface area contributed by atoms with Gasteiger partial charge in [-0.2, -0.15) is 0 Å². The molecule has 20 heteroatoms. The normalized spacial score (nSPS) is 20.9. The van der Waals surface area contributed by atoms with E-state index in [0.29, 0.717) is 75.0 Å². The van der Waals surface area contributed by atoms with Crippen molar-refractivity contribution >= 4 is 40.1 Å². The lowest BCUT2D eigenvalue weighted by molar-refractivity contribution is 0.0970. The van der Waals surface area contributed by atoms with Crippen LogP contribution in [0.2, 0.25) is 0 Å². The Bertz CT molecular complexity index is 1490. The summed E-state index contributed by atoms with van der Waals surface area (Å²) in [5, 5.41) is 18.5. The van der Waals surface area contributed by atoms with Gasteiger partial charge in [0, 0.05) is 28.4 Å². The molecule has 0 saturated heterocycles. The molecular weight excluding hydrogens is 857 g/mol. The first-order chi connectivity index (χ1) is 27.9. The average molecular weight is 933 g/mol. The van der Waals surface area contributed by atoms with Crippen molar-refractivity contribution in [3.05, 3.63) is 50.6 Å². The summed E-state index contributed by atoms with van der Waals surface area (Å²) in [5.41, 5.74) is 0. The minimum Gasteiger partial charge on any atom is -0.380 e. The molecule has 0 radical (unpaired) electrons. The van der Waals surface area contributed by atoms with Gasteiger partial charge in [-0.05, 0) is 75.0 Å². The second-order valence-electron chi connectivity index (χ2n) is 16.4. The standard InChI is InChI=1S/4C10H19NO3S/c4*1-3-4-9(14-2)10(15(11,12)13)7-8-5-6-8/h4*3,8-10H,1,4-7H2,2H3,(H2,11,12,13)/t2*9-,10+;2*9-,10-/m1010/s1. The zero-order chi connectivity index (χ0) is 45.9. The van der Waals surface area contributed by atoms with E-state index >= 15 is 0 Å². The van der Waals surface area contributed by atoms with Gasteiger partial charge in [0.15, 0.2) is 0 Å². The highest BCUT2D eigenvalue weighted by Crippen LogP contribution is 2.38. The zero-order valence-electron chi connectivity index (χ0n) is 36.2. The Balaban J connectivity index is 0.000000400. The van der Waals surface area contributed by atoms with Gasteiger partial charge in [-0.25, -0.2) is 54.2 Å². The third kappa shape index (κ3) is 23.2. The lowest BCUT2D eigenvalue weighted by Gasteiger charge is -2.23. The molecule has 4 saturated carbocycles. The first kappa shape index (κ1) is 56.5. The van der Waals surface area contributed by atoms with E-state index in [2.05, 4.69) is 26.3 Å². The van der Waals surface area contributed by atoms with Crippen LogP contribution in [0.15, 0.2) is 50.6 Å². The van der Waals surface area contributed by atoms with Crippen molar-refractivity contribution < 1.29 is 52.6 Å². The van der Waals surface area contributed by atoms with Crippen molar-refractivity contribution in [3.8, 4) is 0 Å². The molecule has 8 N–H and O–H groups in total. The second-order valence-corrected chi connectivity index (χ2v) is 23.6. The highest BCUT2D eigenvalue weighted by molar-refractivity contribution is 7.90. The number of primary sulfonamides is 4. The summed E-state index contributed by atoms with van der Waals surface area (Å²) in [6.45, 7) is 14.4. The van der Waals surface area contributed by atoms with Crippen molar-refractivity contribution in [1.82, 2.24) is 0 Å². The number of methoxy groups -OCH3 is 4. The highest BCUT2D eigenvalue weighted by atomic mass is 32.2. The maximum atomic E-state index is 11.4. The van der Waals surface area contributed by atoms with Crippen molar-refractivity contribution in [1.29, 1.82) is 0 Å². The van der Waals surface area contributed by atoms with E-state index in [-0.39, 0.29) is 24.4 Å². The first-order valence-corrected chi connectivity index (χ1v) is 27.0. The van der Waals surface area contributed by atoms with E-state index < -0.39 is 61.1 Å². The van der Waals surface area contributed by atoms with E-state index in [9.17, 15) is 33.7 Å². The van der Waals surface area contributed by atoms with Gasteiger partial charge < -0.3 is 18.9 Å². The Labute approximate surface area is 362 Å². The topological polar surface area (TPSA) is 278 Å². The summed E-state index contributed by atoms with van der Waals surface area (Å²) in [7, 11) is -8.05. The van der Waals surface area contributed by atoms with E-state index in [0.717, 1.165) is 51.4 Å². The summed E-state index contributed by atoms with van der Waals surface area (Å²) in [6, 6.07) is 0. The van der Waals surface area contributed by atoms with Crippen LogP contribution in [0.1, 0.15) is 103 Å². The van der Waals surface area contributed by atoms with E-state index in [4.69, 9.17) is 39.5 Å². The second kappa shape index (κ2) is 26.9. The molecule has 16 nitrogen and oxygen atoms in total. The molecule has 4 aliphatic rings. The minimum absolute atomic E-state index is 0.363. The lowest BCUT2D eigenvalue weighted by Crippen LogP contribution is -2.39. The van der Waals surface area contributed by atoms with Gasteiger partial charge in [0.05, 0.1) is 24.4 Å². The number of nitrogens with two attached hydrogens (primary N) is 4. The van der Waals surface area contributed by atoms with Crippen LogP contribution < -0.4 is 20.6 Å². The predicted molar refractivity (Wildman–Crippen MR) is 239 cm³/mol. The van der Waals surface area contributed by atoms with E-state index in [1.54, 1.807) is 24.3 Å². The minimum atomic E-state index is -3.53. The molecule has 60 heavy (non-hydrogen) atoms. The van der Waals surface area contributed by atoms with Gasteiger partial charge in [0.25, 0.3) is 0 Å². The van der Waals surface area contributed by atoms with Crippen LogP contribution in [0.25, 0.3) is 0 Å². The fourth-order valence-corrected chi connectivity index (χ4v) is 11.7. The van der Waals surface area contributed by atoms with Gasteiger partial charge >= 0.3 is 0 Å². The Hall–Kier alpha value is -1.56. The molecule has 0 unspecified atom stereocenters. The number of hydrogen-bond acceptors (Lipinski definition) is 12. The first-order valence-electron chi connectivity index (χ1n) is 20.6. The quantitative estimate of drug-likeness (QED) is 0.0806. The Morgan fingerprint density at radius 1 is 0.400 bits per heavy atom. The van der Waals surface area contributed by atoms with Gasteiger partial charge in [-0.1, -0.05) is 75.7 Å². The van der Waals surface area contributed by atoms with Crippen LogP contribution >= 0.6 is 0 Å². The van der Waals surface area contributed by atoms with Crippen molar-refractivity contribution in [2.75, 3.05) is 28.4 Å². The summed E-state index contributed by atoms with van der Waals surface area (Å²) < 4.78 is 112. The number of ether oxygens (including phenoxy) is 4. The summed E-state index contributed by atoms with van der Waals surface area (Å²) in [4.78, 5) is 0. The molecule has 0 amide bonds. The van der Waals surface area contributed by atoms with E-state index in [1.165, 1.54) is 28.4 Å². The van der Waals surface area contributed by atoms with Crippen molar-refractivity contribution in [2.24, 2.45) is 44.2 Å². The fraction of sp³-hybridized carbons (Fsp3) is 0.800. The van der Waals surface area contributed by atoms with Gasteiger partial charge in [-0.15, -0.1) is 26.3 Å². The Kier molecular flexibility index (Phi) is 25.3. The third-order valence-corrected chi connectivity index (χ3v) is 16.6. The SMILES string of the molecule is C=CC[C@@H](OC)[C@@H](CC1CC1)S(N)(=O)=O.C=CC[C@@H](OC)[C@H](CC1CC1)S(N)(=O)=O.C=CC[C@H](OC)[C@@H](CC1CC1)S(N)(=O)=O.C=CC[C@H](OC)[C@H](CC1CC1)S(N)(=O)=O. The molecule has 0 aliphatic heterocycles. The third-order valence-electron chi connectivity index (χ3n) is 11.2. The smallest absolute Gasteiger partial charge is 0.214 e. The largest absolute Gasteiger partial charge is 0.380 e. The number of hydrogen-bond donors (Lipinski definition) is 4. The number of rotatable bonds is 28. The molecule has 0 spiro atoms. The van der Waals surface area contributed by atoms with Gasteiger partial charge in [0.1, 0.15) is 21.0 Å². The zero-order valence-corrected chi connectivity index (χ0v) is 39.5. The maximum absolute atomic E-state index is 11.4. The molecule has 0 bridgehead atoms. The molecule has 352 valence electrons. The van der Waals surface area contributed by atoms with Crippen LogP contribution in [0.5, 0.6) is 0 Å². The molecule has 0 aromatic heterocycles. The lowest BCUT2D eigenvalue weighted by atomic mass is 10.1. The van der Waals surface area contributed by atoms with Crippen LogP contribution in [0.4, 0.5) is 0 Å². The van der Waals surface area contributed by atoms with Gasteiger partial charge in [0.2, 0.25) is 40.1 Å². The summed E-state index contributed by atoms with van der Waals surface area (Å²) in [6.07, 6.45) is 18.6. The van der Waals surface area contributed by atoms with E-state index in [1.807, 2.05) is 0 Å². The van der Waals surface area contributed by atoms with Crippen molar-refractivity contribution in [3.63, 3.8) is 0 Å². The number of sulfonamides is 4. The molecule has 8 atom stereocenters. The maximum Gasteiger partial charge on any atom is 0.214 e. The Morgan fingerprint density at radius 3 is 0.633 bits per heavy atom. The van der Waals surface area contributed by atoms with Crippen molar-refractivity contribution in [2.45, 2.75) is 148 Å².